The van der Waals surface area contributed by atoms with E-state index in [4.69, 9.17) is 5.73 Å². The molecule has 116 valence electrons. The molecule has 9 heteroatoms. The molecule has 1 aromatic heterocycles. The molecule has 0 unspecified atom stereocenters. The Kier molecular flexibility index (Phi) is 4.20. The minimum Gasteiger partial charge on any atom is -0.364 e. The average Bonchev–Trinajstić information content (AvgIpc) is 3.18. The van der Waals surface area contributed by atoms with Gasteiger partial charge in [-0.05, 0) is 5.56 Å². The number of rotatable bonds is 5. The van der Waals surface area contributed by atoms with Crippen LogP contribution in [-0.2, 0) is 9.59 Å². The lowest BCUT2D eigenvalue weighted by molar-refractivity contribution is -0.115. The van der Waals surface area contributed by atoms with Crippen molar-refractivity contribution in [3.05, 3.63) is 36.4 Å². The van der Waals surface area contributed by atoms with Crippen molar-refractivity contribution in [2.75, 3.05) is 11.2 Å². The van der Waals surface area contributed by atoms with Crippen LogP contribution in [-0.4, -0.2) is 38.5 Å². The summed E-state index contributed by atoms with van der Waals surface area (Å²) in [5, 5.41) is 11.1. The predicted molar refractivity (Wildman–Crippen MR) is 89.2 cm³/mol. The lowest BCUT2D eigenvalue weighted by atomic mass is 10.2. The number of carbonyl (C=O) groups excluding carboxylic acids is 2. The summed E-state index contributed by atoms with van der Waals surface area (Å²) in [5.41, 5.74) is 9.60. The van der Waals surface area contributed by atoms with Gasteiger partial charge in [0.25, 0.3) is 11.8 Å². The molecule has 1 aliphatic heterocycles. The highest BCUT2D eigenvalue weighted by atomic mass is 32.2. The third-order valence-electron chi connectivity index (χ3n) is 2.94. The van der Waals surface area contributed by atoms with Crippen LogP contribution in [0.5, 0.6) is 0 Å². The first-order valence-electron chi connectivity index (χ1n) is 6.62. The Morgan fingerprint density at radius 3 is 2.78 bits per heavy atom. The molecule has 1 aromatic carbocycles. The molecule has 2 amide bonds. The molecule has 4 N–H and O–H groups in total. The van der Waals surface area contributed by atoms with Crippen LogP contribution in [0.15, 0.2) is 46.5 Å². The molecule has 8 nitrogen and oxygen atoms in total. The number of aromatic amines is 1. The molecule has 0 spiro atoms. The van der Waals surface area contributed by atoms with Crippen molar-refractivity contribution in [1.29, 1.82) is 0 Å². The molecule has 3 rings (SSSR count). The highest BCUT2D eigenvalue weighted by Crippen LogP contribution is 2.19. The van der Waals surface area contributed by atoms with Crippen LogP contribution in [0.3, 0.4) is 0 Å². The highest BCUT2D eigenvalue weighted by Gasteiger charge is 2.23. The van der Waals surface area contributed by atoms with E-state index >= 15 is 0 Å². The molecule has 0 aliphatic carbocycles. The zero-order chi connectivity index (χ0) is 16.2. The maximum absolute atomic E-state index is 11.5. The van der Waals surface area contributed by atoms with Crippen LogP contribution in [0.4, 0.5) is 5.82 Å². The molecule has 0 bridgehead atoms. The maximum atomic E-state index is 11.5. The number of amides is 2. The number of nitrogens with one attached hydrogen (secondary N) is 2. The first kappa shape index (κ1) is 15.0. The number of H-pyrrole nitrogens is 1. The van der Waals surface area contributed by atoms with Gasteiger partial charge >= 0.3 is 0 Å². The van der Waals surface area contributed by atoms with Gasteiger partial charge in [-0.3, -0.25) is 20.1 Å². The summed E-state index contributed by atoms with van der Waals surface area (Å²) in [7, 11) is 0. The quantitative estimate of drug-likeness (QED) is 0.557. The zero-order valence-electron chi connectivity index (χ0n) is 11.8. The van der Waals surface area contributed by atoms with E-state index in [9.17, 15) is 9.59 Å². The molecule has 23 heavy (non-hydrogen) atoms. The number of aromatic nitrogens is 2. The predicted octanol–water partition coefficient (Wildman–Crippen LogP) is 1.00. The molecular formula is C14H12N6O2S. The van der Waals surface area contributed by atoms with Gasteiger partial charge in [-0.2, -0.15) is 10.2 Å². The van der Waals surface area contributed by atoms with Gasteiger partial charge in [-0.25, -0.2) is 4.99 Å². The lowest BCUT2D eigenvalue weighted by Crippen LogP contribution is -2.29. The summed E-state index contributed by atoms with van der Waals surface area (Å²) >= 11 is 1.12. The molecule has 1 aliphatic rings. The SMILES string of the molecule is NC(=O)C(=NNc1cc(-c2ccccc2)[nH]n1)C1=NC(=O)CS1. The summed E-state index contributed by atoms with van der Waals surface area (Å²) < 4.78 is 0. The van der Waals surface area contributed by atoms with Crippen molar-refractivity contribution in [2.24, 2.45) is 15.8 Å². The van der Waals surface area contributed by atoms with Gasteiger partial charge in [-0.1, -0.05) is 42.1 Å². The van der Waals surface area contributed by atoms with Crippen LogP contribution in [0.25, 0.3) is 11.3 Å². The standard InChI is InChI=1S/C14H12N6O2S/c15-13(22)12(14-16-11(21)7-23-14)20-19-10-6-9(17-18-10)8-4-2-1-3-5-8/h1-6H,7H2,(H2,15,22)(H2,17,18,19). The summed E-state index contributed by atoms with van der Waals surface area (Å²) in [6.07, 6.45) is 0. The summed E-state index contributed by atoms with van der Waals surface area (Å²) in [6, 6.07) is 11.4. The van der Waals surface area contributed by atoms with Gasteiger partial charge < -0.3 is 5.73 Å². The fourth-order valence-corrected chi connectivity index (χ4v) is 2.67. The van der Waals surface area contributed by atoms with Gasteiger partial charge in [-0.15, -0.1) is 0 Å². The monoisotopic (exact) mass is 328 g/mol. The van der Waals surface area contributed by atoms with Crippen molar-refractivity contribution in [1.82, 2.24) is 10.2 Å². The smallest absolute Gasteiger partial charge is 0.271 e. The second-order valence-electron chi connectivity index (χ2n) is 4.57. The first-order chi connectivity index (χ1) is 11.1. The Hall–Kier alpha value is -2.94. The second-order valence-corrected chi connectivity index (χ2v) is 5.53. The van der Waals surface area contributed by atoms with Crippen molar-refractivity contribution < 1.29 is 9.59 Å². The first-order valence-corrected chi connectivity index (χ1v) is 7.61. The Balaban J connectivity index is 1.78. The topological polar surface area (TPSA) is 126 Å². The Labute approximate surface area is 135 Å². The van der Waals surface area contributed by atoms with E-state index in [0.29, 0.717) is 5.82 Å². The minimum absolute atomic E-state index is 0.0925. The molecule has 2 heterocycles. The average molecular weight is 328 g/mol. The van der Waals surface area contributed by atoms with Crippen molar-refractivity contribution in [3.8, 4) is 11.3 Å². The number of benzene rings is 1. The van der Waals surface area contributed by atoms with Gasteiger partial charge in [0.15, 0.2) is 11.5 Å². The van der Waals surface area contributed by atoms with E-state index in [-0.39, 0.29) is 22.4 Å². The van der Waals surface area contributed by atoms with E-state index < -0.39 is 5.91 Å². The summed E-state index contributed by atoms with van der Waals surface area (Å²) in [4.78, 5) is 26.3. The number of nitrogens with two attached hydrogens (primary N) is 1. The summed E-state index contributed by atoms with van der Waals surface area (Å²) in [5.74, 6) is -0.484. The largest absolute Gasteiger partial charge is 0.364 e. The van der Waals surface area contributed by atoms with Gasteiger partial charge in [0.1, 0.15) is 5.04 Å². The Morgan fingerprint density at radius 1 is 1.35 bits per heavy atom. The van der Waals surface area contributed by atoms with Crippen molar-refractivity contribution in [2.45, 2.75) is 0 Å². The van der Waals surface area contributed by atoms with E-state index in [1.165, 1.54) is 0 Å². The number of carbonyl (C=O) groups is 2. The summed E-state index contributed by atoms with van der Waals surface area (Å²) in [6.45, 7) is 0. The molecule has 0 atom stereocenters. The number of hydrogen-bond acceptors (Lipinski definition) is 6. The number of anilines is 1. The molecule has 2 aromatic rings. The molecule has 0 fully saturated rings. The third kappa shape index (κ3) is 3.46. The number of thioether (sulfide) groups is 1. The molecule has 0 saturated heterocycles. The normalized spacial score (nSPS) is 14.7. The van der Waals surface area contributed by atoms with Crippen LogP contribution in [0, 0.1) is 0 Å². The van der Waals surface area contributed by atoms with E-state index in [0.717, 1.165) is 23.0 Å². The number of aliphatic imine (C=N–C) groups is 1. The number of hydrogen-bond donors (Lipinski definition) is 3. The zero-order valence-corrected chi connectivity index (χ0v) is 12.6. The maximum Gasteiger partial charge on any atom is 0.271 e. The fraction of sp³-hybridized carbons (Fsp3) is 0.0714. The van der Waals surface area contributed by atoms with E-state index in [1.54, 1.807) is 6.07 Å². The van der Waals surface area contributed by atoms with Crippen LogP contribution < -0.4 is 11.2 Å². The molecule has 0 saturated carbocycles. The Bertz CT molecular complexity index is 812. The van der Waals surface area contributed by atoms with Crippen molar-refractivity contribution in [3.63, 3.8) is 0 Å². The van der Waals surface area contributed by atoms with Gasteiger partial charge in [0, 0.05) is 6.07 Å². The van der Waals surface area contributed by atoms with Crippen molar-refractivity contribution >= 4 is 40.1 Å². The van der Waals surface area contributed by atoms with Gasteiger partial charge in [0.2, 0.25) is 0 Å². The van der Waals surface area contributed by atoms with Crippen LogP contribution in [0.2, 0.25) is 0 Å². The second kappa shape index (κ2) is 6.44. The molecular weight excluding hydrogens is 316 g/mol. The number of nitrogens with zero attached hydrogens (tertiary/aromatic N) is 3. The van der Waals surface area contributed by atoms with Gasteiger partial charge in [0.05, 0.1) is 11.4 Å². The van der Waals surface area contributed by atoms with E-state index in [2.05, 4.69) is 25.7 Å². The molecule has 0 radical (unpaired) electrons. The Morgan fingerprint density at radius 2 is 2.13 bits per heavy atom. The highest BCUT2D eigenvalue weighted by molar-refractivity contribution is 8.17. The lowest BCUT2D eigenvalue weighted by Gasteiger charge is -2.00. The third-order valence-corrected chi connectivity index (χ3v) is 3.89. The fourth-order valence-electron chi connectivity index (χ4n) is 1.90. The van der Waals surface area contributed by atoms with E-state index in [1.807, 2.05) is 30.3 Å². The van der Waals surface area contributed by atoms with Crippen LogP contribution >= 0.6 is 11.8 Å². The minimum atomic E-state index is -0.766. The number of hydrazone groups is 1. The van der Waals surface area contributed by atoms with Crippen LogP contribution in [0.1, 0.15) is 0 Å². The number of primary amides is 1.